The van der Waals surface area contributed by atoms with E-state index in [-0.39, 0.29) is 21.9 Å². The first-order valence-corrected chi connectivity index (χ1v) is 16.2. The molecule has 0 radical (unpaired) electrons. The van der Waals surface area contributed by atoms with E-state index >= 15 is 0 Å². The van der Waals surface area contributed by atoms with E-state index in [2.05, 4.69) is 9.71 Å². The second-order valence-electron chi connectivity index (χ2n) is 10.5. The van der Waals surface area contributed by atoms with Gasteiger partial charge < -0.3 is 14.9 Å². The van der Waals surface area contributed by atoms with Crippen molar-refractivity contribution in [2.45, 2.75) is 22.3 Å². The fraction of sp³-hybridized carbons (Fsp3) is 0.200. The highest BCUT2D eigenvalue weighted by Crippen LogP contribution is 2.32. The van der Waals surface area contributed by atoms with Gasteiger partial charge in [0.05, 0.1) is 15.5 Å². The maximum absolute atomic E-state index is 13.7. The highest BCUT2D eigenvalue weighted by Gasteiger charge is 2.29. The summed E-state index contributed by atoms with van der Waals surface area (Å²) in [5.74, 6) is -1.43. The first-order valence-electron chi connectivity index (χ1n) is 13.2. The van der Waals surface area contributed by atoms with Gasteiger partial charge in [-0.25, -0.2) is 25.8 Å². The Balaban J connectivity index is 1.45. The molecule has 1 unspecified atom stereocenters. The maximum Gasteiger partial charge on any atom is 0.322 e. The van der Waals surface area contributed by atoms with Crippen LogP contribution in [-0.2, 0) is 31.3 Å². The molecule has 0 aliphatic heterocycles. The first-order chi connectivity index (χ1) is 20.3. The number of hydrogen-bond donors (Lipinski definition) is 2. The number of nitrogens with one attached hydrogen (secondary N) is 1. The lowest BCUT2D eigenvalue weighted by Gasteiger charge is -2.18. The third-order valence-corrected chi connectivity index (χ3v) is 10.3. The van der Waals surface area contributed by atoms with E-state index in [1.165, 1.54) is 18.3 Å². The van der Waals surface area contributed by atoms with Gasteiger partial charge in [0.2, 0.25) is 10.0 Å². The van der Waals surface area contributed by atoms with E-state index in [9.17, 15) is 26.7 Å². The van der Waals surface area contributed by atoms with E-state index in [4.69, 9.17) is 0 Å². The summed E-state index contributed by atoms with van der Waals surface area (Å²) in [7, 11) is -0.991. The number of carboxylic acids is 1. The lowest BCUT2D eigenvalue weighted by molar-refractivity contribution is -0.138. The van der Waals surface area contributed by atoms with Gasteiger partial charge >= 0.3 is 5.97 Å². The van der Waals surface area contributed by atoms with E-state index < -0.39 is 32.1 Å². The average molecular weight is 622 g/mol. The number of aromatic nitrogens is 2. The number of benzene rings is 4. The SMILES string of the molecule is CN(C)c1cccc2c(S(=O)(=O)NC(Cc3cn(S(=O)(=O)c4cccc5c(N(C)C)cccc45)cn3)C(=O)O)cccc12. The molecule has 43 heavy (non-hydrogen) atoms. The molecule has 0 aliphatic carbocycles. The molecule has 0 saturated heterocycles. The van der Waals surface area contributed by atoms with E-state index in [1.807, 2.05) is 56.2 Å². The Hall–Kier alpha value is -4.46. The number of imidazole rings is 1. The molecule has 4 aromatic carbocycles. The molecule has 0 amide bonds. The summed E-state index contributed by atoms with van der Waals surface area (Å²) in [4.78, 5) is 20.0. The van der Waals surface area contributed by atoms with Crippen LogP contribution in [0.1, 0.15) is 5.69 Å². The molecule has 1 heterocycles. The predicted molar refractivity (Wildman–Crippen MR) is 167 cm³/mol. The Bertz CT molecular complexity index is 2070. The second-order valence-corrected chi connectivity index (χ2v) is 14.0. The van der Waals surface area contributed by atoms with Gasteiger partial charge in [-0.3, -0.25) is 4.79 Å². The molecule has 0 spiro atoms. The Kier molecular flexibility index (Phi) is 7.90. The number of sulfonamides is 1. The normalized spacial score (nSPS) is 12.8. The van der Waals surface area contributed by atoms with Crippen LogP contribution in [0, 0.1) is 0 Å². The molecule has 0 bridgehead atoms. The van der Waals surface area contributed by atoms with Crippen molar-refractivity contribution in [2.75, 3.05) is 38.0 Å². The number of fused-ring (bicyclic) bond motifs is 2. The summed E-state index contributed by atoms with van der Waals surface area (Å²) in [6, 6.07) is 18.8. The van der Waals surface area contributed by atoms with Gasteiger partial charge in [0.15, 0.2) is 0 Å². The number of aliphatic carboxylic acids is 1. The highest BCUT2D eigenvalue weighted by atomic mass is 32.2. The van der Waals surface area contributed by atoms with Crippen LogP contribution in [0.4, 0.5) is 11.4 Å². The van der Waals surface area contributed by atoms with Crippen molar-refractivity contribution in [2.24, 2.45) is 0 Å². The molecule has 11 nitrogen and oxygen atoms in total. The van der Waals surface area contributed by atoms with Crippen molar-refractivity contribution in [3.05, 3.63) is 91.0 Å². The quantitative estimate of drug-likeness (QED) is 0.240. The van der Waals surface area contributed by atoms with Gasteiger partial charge in [0.1, 0.15) is 12.4 Å². The van der Waals surface area contributed by atoms with Crippen molar-refractivity contribution in [3.63, 3.8) is 0 Å². The zero-order valence-electron chi connectivity index (χ0n) is 24.0. The molecular formula is C30H31N5O6S2. The zero-order valence-corrected chi connectivity index (χ0v) is 25.6. The minimum Gasteiger partial charge on any atom is -0.480 e. The zero-order chi connectivity index (χ0) is 31.1. The van der Waals surface area contributed by atoms with Crippen LogP contribution in [0.15, 0.2) is 95.1 Å². The lowest BCUT2D eigenvalue weighted by atomic mass is 10.1. The monoisotopic (exact) mass is 621 g/mol. The van der Waals surface area contributed by atoms with Crippen LogP contribution >= 0.6 is 0 Å². The van der Waals surface area contributed by atoms with Crippen molar-refractivity contribution in [1.82, 2.24) is 13.7 Å². The summed E-state index contributed by atoms with van der Waals surface area (Å²) in [5.41, 5.74) is 1.74. The van der Waals surface area contributed by atoms with E-state index in [0.29, 0.717) is 16.2 Å². The fourth-order valence-corrected chi connectivity index (χ4v) is 7.88. The Labute approximate surface area is 250 Å². The molecule has 5 aromatic rings. The second kappa shape index (κ2) is 11.3. The standard InChI is InChI=1S/C30H31N5O6S2/c1-33(2)26-13-5-11-23-21(26)9-7-15-28(23)42(38,39)32-25(30(36)37)17-20-18-35(19-31-20)43(40,41)29-16-8-10-22-24(29)12-6-14-27(22)34(3)4/h5-16,18-19,25,32H,17H2,1-4H3,(H,36,37). The average Bonchev–Trinajstić information content (AvgIpc) is 3.44. The van der Waals surface area contributed by atoms with Gasteiger partial charge in [0, 0.05) is 73.7 Å². The molecule has 0 saturated carbocycles. The summed E-state index contributed by atoms with van der Waals surface area (Å²) >= 11 is 0. The minimum atomic E-state index is -4.30. The van der Waals surface area contributed by atoms with Crippen LogP contribution in [0.2, 0.25) is 0 Å². The van der Waals surface area contributed by atoms with E-state index in [1.54, 1.807) is 42.5 Å². The third-order valence-electron chi connectivity index (χ3n) is 7.15. The Morgan fingerprint density at radius 1 is 0.791 bits per heavy atom. The van der Waals surface area contributed by atoms with Crippen molar-refractivity contribution in [3.8, 4) is 0 Å². The number of hydrogen-bond acceptors (Lipinski definition) is 8. The van der Waals surface area contributed by atoms with Crippen LogP contribution in [-0.4, -0.2) is 71.1 Å². The fourth-order valence-electron chi connectivity index (χ4n) is 5.10. The number of rotatable bonds is 10. The minimum absolute atomic E-state index is 0.0567. The van der Waals surface area contributed by atoms with Crippen LogP contribution in [0.5, 0.6) is 0 Å². The summed E-state index contributed by atoms with van der Waals surface area (Å²) in [6.07, 6.45) is 1.90. The summed E-state index contributed by atoms with van der Waals surface area (Å²) in [6.45, 7) is 0. The molecule has 0 fully saturated rings. The van der Waals surface area contributed by atoms with Crippen molar-refractivity contribution >= 4 is 58.9 Å². The maximum atomic E-state index is 13.7. The van der Waals surface area contributed by atoms with Crippen LogP contribution in [0.25, 0.3) is 21.5 Å². The van der Waals surface area contributed by atoms with Crippen LogP contribution < -0.4 is 14.5 Å². The summed E-state index contributed by atoms with van der Waals surface area (Å²) in [5, 5.41) is 12.3. The number of nitrogens with zero attached hydrogens (tertiary/aromatic N) is 4. The highest BCUT2D eigenvalue weighted by molar-refractivity contribution is 7.90. The topological polar surface area (TPSA) is 142 Å². The molecule has 224 valence electrons. The number of carboxylic acid groups (broad SMARTS) is 1. The number of anilines is 2. The van der Waals surface area contributed by atoms with Gasteiger partial charge in [-0.15, -0.1) is 0 Å². The predicted octanol–water partition coefficient (Wildman–Crippen LogP) is 3.53. The van der Waals surface area contributed by atoms with Crippen molar-refractivity contribution < 1.29 is 26.7 Å². The molecule has 2 N–H and O–H groups in total. The molecule has 0 aliphatic rings. The first kappa shape index (κ1) is 30.0. The largest absolute Gasteiger partial charge is 0.480 e. The van der Waals surface area contributed by atoms with Crippen LogP contribution in [0.3, 0.4) is 0 Å². The summed E-state index contributed by atoms with van der Waals surface area (Å²) < 4.78 is 57.4. The van der Waals surface area contributed by atoms with E-state index in [0.717, 1.165) is 27.1 Å². The molecule has 1 atom stereocenters. The van der Waals surface area contributed by atoms with Gasteiger partial charge in [-0.2, -0.15) is 4.72 Å². The Morgan fingerprint density at radius 3 is 1.81 bits per heavy atom. The third kappa shape index (κ3) is 5.66. The molecule has 5 rings (SSSR count). The van der Waals surface area contributed by atoms with Gasteiger partial charge in [0.25, 0.3) is 10.0 Å². The van der Waals surface area contributed by atoms with Crippen molar-refractivity contribution in [1.29, 1.82) is 0 Å². The molecule has 1 aromatic heterocycles. The lowest BCUT2D eigenvalue weighted by Crippen LogP contribution is -2.42. The molecule has 13 heteroatoms. The number of carbonyl (C=O) groups is 1. The smallest absolute Gasteiger partial charge is 0.322 e. The Morgan fingerprint density at radius 2 is 1.28 bits per heavy atom. The molecular weight excluding hydrogens is 590 g/mol. The van der Waals surface area contributed by atoms with Gasteiger partial charge in [-0.05, 0) is 24.3 Å². The van der Waals surface area contributed by atoms with Gasteiger partial charge in [-0.1, -0.05) is 48.5 Å².